The Kier molecular flexibility index (Phi) is 2.64. The van der Waals surface area contributed by atoms with E-state index < -0.39 is 0 Å². The molecule has 0 bridgehead atoms. The van der Waals surface area contributed by atoms with Crippen LogP contribution in [0.2, 0.25) is 0 Å². The predicted octanol–water partition coefficient (Wildman–Crippen LogP) is 1.01. The van der Waals surface area contributed by atoms with Crippen LogP contribution in [-0.4, -0.2) is 24.2 Å². The van der Waals surface area contributed by atoms with Gasteiger partial charge in [-0.25, -0.2) is 5.06 Å². The number of hydrogen-bond acceptors (Lipinski definition) is 2. The van der Waals surface area contributed by atoms with Gasteiger partial charge in [0.2, 0.25) is 5.91 Å². The lowest BCUT2D eigenvalue weighted by Gasteiger charge is -2.12. The molecule has 0 aromatic rings. The third-order valence-electron chi connectivity index (χ3n) is 1.63. The van der Waals surface area contributed by atoms with E-state index in [2.05, 4.69) is 0 Å². The minimum Gasteiger partial charge on any atom is -0.272 e. The molecule has 0 aromatic carbocycles. The Hall–Kier alpha value is -0.140. The first-order valence-electron chi connectivity index (χ1n) is 3.40. The molecule has 2 unspecified atom stereocenters. The summed E-state index contributed by atoms with van der Waals surface area (Å²) in [4.78, 5) is 11.1. The molecule has 4 heteroatoms. The number of nitrogens with zero attached hydrogens (tertiary/aromatic N) is 1. The van der Waals surface area contributed by atoms with Crippen LogP contribution in [-0.2, 0) is 9.42 Å². The van der Waals surface area contributed by atoms with Crippen molar-refractivity contribution in [2.75, 3.05) is 13.2 Å². The smallest absolute Gasteiger partial charge is 0.249 e. The molecule has 1 aliphatic heterocycles. The quantitative estimate of drug-likeness (QED) is 0.565. The highest BCUT2D eigenvalue weighted by atomic mass is 31.1. The van der Waals surface area contributed by atoms with Crippen molar-refractivity contribution >= 4 is 14.7 Å². The van der Waals surface area contributed by atoms with Crippen molar-refractivity contribution in [3.63, 3.8) is 0 Å². The molecule has 0 spiro atoms. The van der Waals surface area contributed by atoms with Gasteiger partial charge in [-0.1, -0.05) is 6.92 Å². The summed E-state index contributed by atoms with van der Waals surface area (Å²) in [5.41, 5.74) is 0. The molecule has 10 heavy (non-hydrogen) atoms. The van der Waals surface area contributed by atoms with Gasteiger partial charge in [-0.15, -0.1) is 0 Å². The molecule has 1 heterocycles. The van der Waals surface area contributed by atoms with Crippen LogP contribution < -0.4 is 0 Å². The number of hydroxylamine groups is 2. The van der Waals surface area contributed by atoms with E-state index >= 15 is 0 Å². The molecule has 1 amide bonds. The van der Waals surface area contributed by atoms with Crippen LogP contribution in [0.4, 0.5) is 0 Å². The van der Waals surface area contributed by atoms with Gasteiger partial charge in [0.15, 0.2) is 0 Å². The average Bonchev–Trinajstić information content (AvgIpc) is 2.20. The predicted molar refractivity (Wildman–Crippen MR) is 40.8 cm³/mol. The summed E-state index contributed by atoms with van der Waals surface area (Å²) in [7, 11) is 0.372. The van der Waals surface area contributed by atoms with Gasteiger partial charge in [0, 0.05) is 21.3 Å². The van der Waals surface area contributed by atoms with Crippen molar-refractivity contribution in [1.29, 1.82) is 0 Å². The van der Waals surface area contributed by atoms with E-state index in [1.54, 1.807) is 0 Å². The largest absolute Gasteiger partial charge is 0.272 e. The van der Waals surface area contributed by atoms with Crippen LogP contribution in [0.15, 0.2) is 0 Å². The standard InChI is InChI=1S/C6H12NO2P/c1-5-3-4-7(6(5)8)9-10-2/h5,10H,3-4H2,1-2H3. The third kappa shape index (κ3) is 1.47. The van der Waals surface area contributed by atoms with Crippen molar-refractivity contribution in [2.24, 2.45) is 5.92 Å². The summed E-state index contributed by atoms with van der Waals surface area (Å²) in [5.74, 6) is 0.297. The normalized spacial score (nSPS) is 27.2. The Morgan fingerprint density at radius 3 is 2.90 bits per heavy atom. The number of amides is 1. The van der Waals surface area contributed by atoms with Gasteiger partial charge >= 0.3 is 0 Å². The minimum absolute atomic E-state index is 0.134. The fraction of sp³-hybridized carbons (Fsp3) is 0.833. The molecular weight excluding hydrogens is 149 g/mol. The van der Waals surface area contributed by atoms with Crippen molar-refractivity contribution < 1.29 is 9.42 Å². The molecule has 0 saturated carbocycles. The topological polar surface area (TPSA) is 29.5 Å². The maximum Gasteiger partial charge on any atom is 0.249 e. The van der Waals surface area contributed by atoms with Gasteiger partial charge in [0.25, 0.3) is 0 Å². The van der Waals surface area contributed by atoms with Crippen molar-refractivity contribution in [1.82, 2.24) is 5.06 Å². The fourth-order valence-corrected chi connectivity index (χ4v) is 1.39. The summed E-state index contributed by atoms with van der Waals surface area (Å²) < 4.78 is 5.10. The molecule has 1 fully saturated rings. The van der Waals surface area contributed by atoms with Gasteiger partial charge in [0.1, 0.15) is 0 Å². The van der Waals surface area contributed by atoms with E-state index in [1.165, 1.54) is 5.06 Å². The number of carbonyl (C=O) groups excluding carboxylic acids is 1. The molecule has 0 N–H and O–H groups in total. The van der Waals surface area contributed by atoms with Crippen LogP contribution in [0, 0.1) is 5.92 Å². The number of carbonyl (C=O) groups is 1. The molecule has 3 nitrogen and oxygen atoms in total. The molecule has 1 rings (SSSR count). The van der Waals surface area contributed by atoms with Crippen LogP contribution in [0.5, 0.6) is 0 Å². The van der Waals surface area contributed by atoms with E-state index in [0.29, 0.717) is 8.81 Å². The highest BCUT2D eigenvalue weighted by Crippen LogP contribution is 2.21. The van der Waals surface area contributed by atoms with Gasteiger partial charge in [-0.3, -0.25) is 9.42 Å². The zero-order valence-corrected chi connectivity index (χ0v) is 7.26. The Balaban J connectivity index is 2.41. The Morgan fingerprint density at radius 2 is 2.50 bits per heavy atom. The second kappa shape index (κ2) is 3.31. The lowest BCUT2D eigenvalue weighted by Crippen LogP contribution is -2.23. The second-order valence-corrected chi connectivity index (χ2v) is 3.02. The van der Waals surface area contributed by atoms with E-state index in [0.717, 1.165) is 13.0 Å². The zero-order valence-electron chi connectivity index (χ0n) is 6.26. The Morgan fingerprint density at radius 1 is 1.80 bits per heavy atom. The molecular formula is C6H12NO2P. The first kappa shape index (κ1) is 7.96. The molecule has 58 valence electrons. The zero-order chi connectivity index (χ0) is 7.56. The van der Waals surface area contributed by atoms with Crippen molar-refractivity contribution in [3.05, 3.63) is 0 Å². The third-order valence-corrected chi connectivity index (χ3v) is 2.04. The average molecular weight is 161 g/mol. The monoisotopic (exact) mass is 161 g/mol. The Labute approximate surface area is 62.5 Å². The minimum atomic E-state index is 0.134. The SMILES string of the molecule is CPON1CCC(C)C1=O. The Bertz CT molecular complexity index is 138. The van der Waals surface area contributed by atoms with Crippen LogP contribution in [0.25, 0.3) is 0 Å². The molecule has 1 saturated heterocycles. The summed E-state index contributed by atoms with van der Waals surface area (Å²) in [6.07, 6.45) is 0.934. The van der Waals surface area contributed by atoms with Crippen LogP contribution in [0.3, 0.4) is 0 Å². The summed E-state index contributed by atoms with van der Waals surface area (Å²) >= 11 is 0. The summed E-state index contributed by atoms with van der Waals surface area (Å²) in [6.45, 7) is 4.61. The molecule has 0 aliphatic carbocycles. The summed E-state index contributed by atoms with van der Waals surface area (Å²) in [6, 6.07) is 0. The fourth-order valence-electron chi connectivity index (χ4n) is 0.991. The lowest BCUT2D eigenvalue weighted by atomic mass is 10.1. The molecule has 2 atom stereocenters. The number of hydrogen-bond donors (Lipinski definition) is 0. The second-order valence-electron chi connectivity index (χ2n) is 2.43. The maximum atomic E-state index is 11.1. The molecule has 0 aromatic heterocycles. The van der Waals surface area contributed by atoms with Crippen LogP contribution in [0.1, 0.15) is 13.3 Å². The maximum absolute atomic E-state index is 11.1. The lowest BCUT2D eigenvalue weighted by molar-refractivity contribution is -0.150. The van der Waals surface area contributed by atoms with E-state index in [4.69, 9.17) is 4.62 Å². The first-order chi connectivity index (χ1) is 4.75. The highest BCUT2D eigenvalue weighted by Gasteiger charge is 2.28. The first-order valence-corrected chi connectivity index (χ1v) is 4.81. The van der Waals surface area contributed by atoms with Crippen LogP contribution >= 0.6 is 8.81 Å². The van der Waals surface area contributed by atoms with Gasteiger partial charge < -0.3 is 0 Å². The summed E-state index contributed by atoms with van der Waals surface area (Å²) in [5, 5.41) is 1.48. The van der Waals surface area contributed by atoms with E-state index in [-0.39, 0.29) is 11.8 Å². The number of rotatable bonds is 2. The van der Waals surface area contributed by atoms with Crippen molar-refractivity contribution in [3.8, 4) is 0 Å². The van der Waals surface area contributed by atoms with E-state index in [1.807, 2.05) is 13.6 Å². The molecule has 1 aliphatic rings. The van der Waals surface area contributed by atoms with Gasteiger partial charge in [-0.2, -0.15) is 0 Å². The van der Waals surface area contributed by atoms with Gasteiger partial charge in [-0.05, 0) is 13.1 Å². The van der Waals surface area contributed by atoms with Gasteiger partial charge in [0.05, 0.1) is 0 Å². The van der Waals surface area contributed by atoms with Crippen molar-refractivity contribution in [2.45, 2.75) is 13.3 Å². The molecule has 0 radical (unpaired) electrons. The van der Waals surface area contributed by atoms with E-state index in [9.17, 15) is 4.79 Å². The highest BCUT2D eigenvalue weighted by molar-refractivity contribution is 7.31.